The zero-order chi connectivity index (χ0) is 22.1. The summed E-state index contributed by atoms with van der Waals surface area (Å²) in [4.78, 5) is 36.2. The average Bonchev–Trinajstić information content (AvgIpc) is 3.19. The second kappa shape index (κ2) is 8.86. The summed E-state index contributed by atoms with van der Waals surface area (Å²) in [6.45, 7) is 0.368. The van der Waals surface area contributed by atoms with Crippen molar-refractivity contribution in [1.82, 2.24) is 14.5 Å². The zero-order valence-electron chi connectivity index (χ0n) is 16.7. The molecule has 0 N–H and O–H groups in total. The summed E-state index contributed by atoms with van der Waals surface area (Å²) in [5.74, 6) is 0.00890. The Hall–Kier alpha value is -3.00. The molecule has 8 heteroatoms. The Labute approximate surface area is 196 Å². The molecule has 32 heavy (non-hydrogen) atoms. The molecule has 0 bridgehead atoms. The molecule has 0 aliphatic rings. The normalized spacial score (nSPS) is 11.3. The Balaban J connectivity index is 1.59. The minimum absolute atomic E-state index is 0.113. The highest BCUT2D eigenvalue weighted by molar-refractivity contribution is 7.99. The van der Waals surface area contributed by atoms with Gasteiger partial charge in [0.1, 0.15) is 9.53 Å². The summed E-state index contributed by atoms with van der Waals surface area (Å²) < 4.78 is 2.20. The Morgan fingerprint density at radius 2 is 1.81 bits per heavy atom. The third kappa shape index (κ3) is 3.95. The van der Waals surface area contributed by atoms with Crippen molar-refractivity contribution in [3.05, 3.63) is 99.4 Å². The van der Waals surface area contributed by atoms with Gasteiger partial charge >= 0.3 is 0 Å². The van der Waals surface area contributed by atoms with Gasteiger partial charge < -0.3 is 0 Å². The molecule has 3 heterocycles. The van der Waals surface area contributed by atoms with E-state index in [1.165, 1.54) is 23.1 Å². The molecule has 0 unspecified atom stereocenters. The first-order chi connectivity index (χ1) is 15.6. The standard InChI is InChI=1S/C24H16ClN3O2S2/c25-18-11-5-4-9-16(18)19(29)14-31-24-27-20-17-10-6-12-26-22(17)32-21(20)23(30)28(24)13-15-7-2-1-3-8-15/h1-12H,13-14H2. The second-order valence-corrected chi connectivity index (χ2v) is 9.45. The summed E-state index contributed by atoms with van der Waals surface area (Å²) in [7, 11) is 0. The minimum Gasteiger partial charge on any atom is -0.293 e. The van der Waals surface area contributed by atoms with E-state index < -0.39 is 0 Å². The van der Waals surface area contributed by atoms with E-state index in [1.54, 1.807) is 35.0 Å². The number of Topliss-reactive ketones (excluding diaryl/α,β-unsaturated/α-hetero) is 1. The van der Waals surface area contributed by atoms with Gasteiger partial charge in [0.25, 0.3) is 5.56 Å². The van der Waals surface area contributed by atoms with Crippen molar-refractivity contribution in [2.24, 2.45) is 0 Å². The van der Waals surface area contributed by atoms with Crippen LogP contribution in [0.1, 0.15) is 15.9 Å². The maximum atomic E-state index is 13.5. The van der Waals surface area contributed by atoms with E-state index in [0.29, 0.717) is 32.5 Å². The van der Waals surface area contributed by atoms with Crippen molar-refractivity contribution < 1.29 is 4.79 Å². The Morgan fingerprint density at radius 1 is 1.03 bits per heavy atom. The average molecular weight is 478 g/mol. The first-order valence-electron chi connectivity index (χ1n) is 9.84. The van der Waals surface area contributed by atoms with Crippen LogP contribution < -0.4 is 5.56 Å². The quantitative estimate of drug-likeness (QED) is 0.179. The number of nitrogens with zero attached hydrogens (tertiary/aromatic N) is 3. The smallest absolute Gasteiger partial charge is 0.272 e. The molecule has 3 aromatic heterocycles. The van der Waals surface area contributed by atoms with Crippen LogP contribution >= 0.6 is 34.7 Å². The molecule has 0 aliphatic heterocycles. The number of thioether (sulfide) groups is 1. The number of aromatic nitrogens is 3. The molecular weight excluding hydrogens is 462 g/mol. The fraction of sp³-hybridized carbons (Fsp3) is 0.0833. The monoisotopic (exact) mass is 477 g/mol. The number of hydrogen-bond donors (Lipinski definition) is 0. The van der Waals surface area contributed by atoms with E-state index in [2.05, 4.69) is 4.98 Å². The number of hydrogen-bond acceptors (Lipinski definition) is 6. The highest BCUT2D eigenvalue weighted by atomic mass is 35.5. The molecule has 0 amide bonds. The van der Waals surface area contributed by atoms with Crippen LogP contribution in [0, 0.1) is 0 Å². The summed E-state index contributed by atoms with van der Waals surface area (Å²) in [5, 5.41) is 1.75. The molecule has 0 atom stereocenters. The molecule has 158 valence electrons. The van der Waals surface area contributed by atoms with Gasteiger partial charge in [0.2, 0.25) is 0 Å². The topological polar surface area (TPSA) is 64.8 Å². The summed E-state index contributed by atoms with van der Waals surface area (Å²) >= 11 is 8.78. The van der Waals surface area contributed by atoms with E-state index in [9.17, 15) is 9.59 Å². The molecule has 0 aliphatic carbocycles. The van der Waals surface area contributed by atoms with Gasteiger partial charge in [-0.2, -0.15) is 0 Å². The van der Waals surface area contributed by atoms with Crippen LogP contribution in [0.15, 0.2) is 82.9 Å². The minimum atomic E-state index is -0.130. The van der Waals surface area contributed by atoms with Crippen molar-refractivity contribution in [3.8, 4) is 0 Å². The number of fused-ring (bicyclic) bond motifs is 3. The van der Waals surface area contributed by atoms with Crippen LogP contribution in [0.5, 0.6) is 0 Å². The van der Waals surface area contributed by atoms with Gasteiger partial charge in [-0.25, -0.2) is 9.97 Å². The summed E-state index contributed by atoms with van der Waals surface area (Å²) in [5.41, 5.74) is 1.94. The predicted octanol–water partition coefficient (Wildman–Crippen LogP) is 5.68. The van der Waals surface area contributed by atoms with Crippen molar-refractivity contribution >= 4 is 60.9 Å². The van der Waals surface area contributed by atoms with Crippen LogP contribution in [0.3, 0.4) is 0 Å². The van der Waals surface area contributed by atoms with Crippen molar-refractivity contribution in [2.75, 3.05) is 5.75 Å². The van der Waals surface area contributed by atoms with Crippen LogP contribution in [0.2, 0.25) is 5.02 Å². The van der Waals surface area contributed by atoms with Crippen LogP contribution in [-0.4, -0.2) is 26.1 Å². The third-order valence-corrected chi connectivity index (χ3v) is 7.40. The van der Waals surface area contributed by atoms with E-state index >= 15 is 0 Å². The van der Waals surface area contributed by atoms with Gasteiger partial charge in [-0.05, 0) is 29.8 Å². The number of pyridine rings is 1. The fourth-order valence-corrected chi connectivity index (χ4v) is 5.60. The SMILES string of the molecule is O=C(CSc1nc2c(sc3ncccc32)c(=O)n1Cc1ccccc1)c1ccccc1Cl. The lowest BCUT2D eigenvalue weighted by Crippen LogP contribution is -2.23. The number of carbonyl (C=O) groups excluding carboxylic acids is 1. The van der Waals surface area contributed by atoms with E-state index in [0.717, 1.165) is 15.8 Å². The van der Waals surface area contributed by atoms with Gasteiger partial charge in [0, 0.05) is 17.1 Å². The van der Waals surface area contributed by atoms with Gasteiger partial charge in [0.05, 0.1) is 22.8 Å². The lowest BCUT2D eigenvalue weighted by molar-refractivity contribution is 0.102. The Morgan fingerprint density at radius 3 is 2.62 bits per heavy atom. The molecule has 5 nitrogen and oxygen atoms in total. The van der Waals surface area contributed by atoms with Crippen LogP contribution in [0.25, 0.3) is 20.4 Å². The molecule has 0 fully saturated rings. The number of rotatable bonds is 6. The predicted molar refractivity (Wildman–Crippen MR) is 131 cm³/mol. The van der Waals surface area contributed by atoms with Crippen molar-refractivity contribution in [3.63, 3.8) is 0 Å². The van der Waals surface area contributed by atoms with Gasteiger partial charge in [-0.3, -0.25) is 14.2 Å². The highest BCUT2D eigenvalue weighted by Crippen LogP contribution is 2.31. The summed E-state index contributed by atoms with van der Waals surface area (Å²) in [6, 6.07) is 20.4. The molecule has 2 aromatic carbocycles. The number of ketones is 1. The highest BCUT2D eigenvalue weighted by Gasteiger charge is 2.19. The van der Waals surface area contributed by atoms with Gasteiger partial charge in [-0.15, -0.1) is 11.3 Å². The maximum Gasteiger partial charge on any atom is 0.272 e. The zero-order valence-corrected chi connectivity index (χ0v) is 19.1. The van der Waals surface area contributed by atoms with Crippen LogP contribution in [0.4, 0.5) is 0 Å². The molecule has 0 saturated carbocycles. The number of carbonyl (C=O) groups is 1. The van der Waals surface area contributed by atoms with E-state index in [1.807, 2.05) is 42.5 Å². The Kier molecular flexibility index (Phi) is 5.78. The molecule has 0 saturated heterocycles. The number of benzene rings is 2. The molecule has 0 spiro atoms. The van der Waals surface area contributed by atoms with Gasteiger partial charge in [-0.1, -0.05) is 65.8 Å². The largest absolute Gasteiger partial charge is 0.293 e. The molecular formula is C24H16ClN3O2S2. The number of halogens is 1. The molecule has 5 rings (SSSR count). The van der Waals surface area contributed by atoms with Crippen LogP contribution in [-0.2, 0) is 6.54 Å². The van der Waals surface area contributed by atoms with Gasteiger partial charge in [0.15, 0.2) is 10.9 Å². The molecule has 0 radical (unpaired) electrons. The Bertz CT molecular complexity index is 1510. The van der Waals surface area contributed by atoms with Crippen molar-refractivity contribution in [2.45, 2.75) is 11.7 Å². The van der Waals surface area contributed by atoms with E-state index in [-0.39, 0.29) is 17.1 Å². The molecule has 5 aromatic rings. The lowest BCUT2D eigenvalue weighted by atomic mass is 10.1. The number of thiophene rings is 1. The summed E-state index contributed by atoms with van der Waals surface area (Å²) in [6.07, 6.45) is 1.71. The second-order valence-electron chi connectivity index (χ2n) is 7.10. The third-order valence-electron chi connectivity index (χ3n) is 5.01. The van der Waals surface area contributed by atoms with Crippen molar-refractivity contribution in [1.29, 1.82) is 0 Å². The first kappa shape index (κ1) is 20.9. The fourth-order valence-electron chi connectivity index (χ4n) is 3.45. The lowest BCUT2D eigenvalue weighted by Gasteiger charge is -2.12. The first-order valence-corrected chi connectivity index (χ1v) is 12.0. The van der Waals surface area contributed by atoms with E-state index in [4.69, 9.17) is 16.6 Å². The maximum absolute atomic E-state index is 13.5.